The highest BCUT2D eigenvalue weighted by Gasteiger charge is 2.24. The maximum atomic E-state index is 13.0. The van der Waals surface area contributed by atoms with Gasteiger partial charge in [-0.3, -0.25) is 9.78 Å². The molecule has 1 saturated heterocycles. The average molecular weight is 380 g/mol. The Hall–Kier alpha value is -3.09. The number of likely N-dealkylation sites (tertiary alicyclic amines) is 1. The molecule has 6 nitrogen and oxygen atoms in total. The largest absolute Gasteiger partial charge is 0.339 e. The Kier molecular flexibility index (Phi) is 5.41. The Bertz CT molecular complexity index is 919. The van der Waals surface area contributed by atoms with Crippen LogP contribution in [0, 0.1) is 11.7 Å². The topological polar surface area (TPSA) is 72.1 Å². The number of halogens is 1. The highest BCUT2D eigenvalue weighted by atomic mass is 19.1. The van der Waals surface area contributed by atoms with Crippen molar-refractivity contribution in [3.63, 3.8) is 0 Å². The molecule has 0 bridgehead atoms. The van der Waals surface area contributed by atoms with Crippen molar-refractivity contribution in [3.05, 3.63) is 66.0 Å². The fourth-order valence-electron chi connectivity index (χ4n) is 3.50. The Morgan fingerprint density at radius 3 is 2.68 bits per heavy atom. The van der Waals surface area contributed by atoms with E-state index in [1.165, 1.54) is 12.1 Å². The van der Waals surface area contributed by atoms with Crippen molar-refractivity contribution in [2.24, 2.45) is 5.92 Å². The Morgan fingerprint density at radius 1 is 1.18 bits per heavy atom. The lowest BCUT2D eigenvalue weighted by Crippen LogP contribution is -2.38. The van der Waals surface area contributed by atoms with Crippen LogP contribution in [0.3, 0.4) is 0 Å². The molecule has 1 aliphatic heterocycles. The van der Waals surface area contributed by atoms with E-state index in [2.05, 4.69) is 15.1 Å². The minimum Gasteiger partial charge on any atom is -0.339 e. The first kappa shape index (κ1) is 18.3. The molecule has 144 valence electrons. The van der Waals surface area contributed by atoms with Gasteiger partial charge in [0.2, 0.25) is 0 Å². The molecule has 1 aromatic carbocycles. The third kappa shape index (κ3) is 4.24. The molecule has 28 heavy (non-hydrogen) atoms. The van der Waals surface area contributed by atoms with Gasteiger partial charge in [-0.15, -0.1) is 0 Å². The van der Waals surface area contributed by atoms with Crippen molar-refractivity contribution in [2.45, 2.75) is 25.7 Å². The number of rotatable bonds is 5. The summed E-state index contributed by atoms with van der Waals surface area (Å²) in [6, 6.07) is 9.59. The lowest BCUT2D eigenvalue weighted by molar-refractivity contribution is 0.0686. The number of aromatic nitrogens is 3. The molecule has 1 aliphatic rings. The quantitative estimate of drug-likeness (QED) is 0.674. The molecule has 0 aliphatic carbocycles. The number of hydrogen-bond acceptors (Lipinski definition) is 5. The number of aryl methyl sites for hydroxylation is 1. The van der Waals surface area contributed by atoms with E-state index in [9.17, 15) is 9.18 Å². The fourth-order valence-corrected chi connectivity index (χ4v) is 3.50. The fraction of sp³-hybridized carbons (Fsp3) is 0.333. The summed E-state index contributed by atoms with van der Waals surface area (Å²) in [6.07, 6.45) is 6.90. The van der Waals surface area contributed by atoms with E-state index >= 15 is 0 Å². The van der Waals surface area contributed by atoms with E-state index in [1.807, 2.05) is 4.90 Å². The predicted molar refractivity (Wildman–Crippen MR) is 101 cm³/mol. The third-order valence-corrected chi connectivity index (χ3v) is 5.15. The molecule has 0 radical (unpaired) electrons. The minimum absolute atomic E-state index is 0.0497. The molecular weight excluding hydrogens is 359 g/mol. The van der Waals surface area contributed by atoms with Crippen LogP contribution in [0.4, 0.5) is 4.39 Å². The van der Waals surface area contributed by atoms with E-state index in [1.54, 1.807) is 36.7 Å². The van der Waals surface area contributed by atoms with Crippen LogP contribution in [0.5, 0.6) is 0 Å². The van der Waals surface area contributed by atoms with Crippen LogP contribution in [-0.4, -0.2) is 39.0 Å². The number of amides is 1. The standard InChI is InChI=1S/C21H21FN4O2/c22-18-6-4-16(5-7-18)20-24-19(25-28-20)8-3-15-9-12-26(13-10-15)21(27)17-2-1-11-23-14-17/h1-2,4-7,11,14-15H,3,8-10,12-13H2. The normalized spacial score (nSPS) is 15.0. The smallest absolute Gasteiger partial charge is 0.257 e. The van der Waals surface area contributed by atoms with Crippen LogP contribution in [0.25, 0.3) is 11.5 Å². The number of benzene rings is 1. The highest BCUT2D eigenvalue weighted by Crippen LogP contribution is 2.24. The summed E-state index contributed by atoms with van der Waals surface area (Å²) in [4.78, 5) is 22.8. The minimum atomic E-state index is -0.295. The Morgan fingerprint density at radius 2 is 1.96 bits per heavy atom. The first-order valence-electron chi connectivity index (χ1n) is 9.47. The molecule has 0 N–H and O–H groups in total. The van der Waals surface area contributed by atoms with Crippen LogP contribution < -0.4 is 0 Å². The van der Waals surface area contributed by atoms with Crippen LogP contribution in [0.2, 0.25) is 0 Å². The molecule has 0 saturated carbocycles. The van der Waals surface area contributed by atoms with Gasteiger partial charge < -0.3 is 9.42 Å². The second-order valence-corrected chi connectivity index (χ2v) is 7.04. The predicted octanol–water partition coefficient (Wildman–Crippen LogP) is 3.76. The summed E-state index contributed by atoms with van der Waals surface area (Å²) in [6.45, 7) is 1.51. The van der Waals surface area contributed by atoms with Crippen LogP contribution in [-0.2, 0) is 6.42 Å². The zero-order valence-electron chi connectivity index (χ0n) is 15.4. The molecule has 3 aromatic rings. The Labute approximate surface area is 162 Å². The van der Waals surface area contributed by atoms with Gasteiger partial charge in [0.1, 0.15) is 5.82 Å². The first-order chi connectivity index (χ1) is 13.7. The van der Waals surface area contributed by atoms with E-state index < -0.39 is 0 Å². The summed E-state index contributed by atoms with van der Waals surface area (Å²) in [5.74, 6) is 1.36. The second-order valence-electron chi connectivity index (χ2n) is 7.04. The van der Waals surface area contributed by atoms with Crippen molar-refractivity contribution < 1.29 is 13.7 Å². The molecular formula is C21H21FN4O2. The molecule has 0 unspecified atom stereocenters. The van der Waals surface area contributed by atoms with E-state index in [-0.39, 0.29) is 11.7 Å². The van der Waals surface area contributed by atoms with Gasteiger partial charge in [0, 0.05) is 37.5 Å². The lowest BCUT2D eigenvalue weighted by Gasteiger charge is -2.31. The average Bonchev–Trinajstić information content (AvgIpc) is 3.22. The van der Waals surface area contributed by atoms with Gasteiger partial charge in [-0.25, -0.2) is 4.39 Å². The van der Waals surface area contributed by atoms with Crippen molar-refractivity contribution in [3.8, 4) is 11.5 Å². The summed E-state index contributed by atoms with van der Waals surface area (Å²) >= 11 is 0. The maximum Gasteiger partial charge on any atom is 0.257 e. The molecule has 2 aromatic heterocycles. The molecule has 1 fully saturated rings. The summed E-state index contributed by atoms with van der Waals surface area (Å²) < 4.78 is 18.3. The molecule has 0 atom stereocenters. The maximum absolute atomic E-state index is 13.0. The van der Waals surface area contributed by atoms with Crippen molar-refractivity contribution in [1.29, 1.82) is 0 Å². The third-order valence-electron chi connectivity index (χ3n) is 5.15. The summed E-state index contributed by atoms with van der Waals surface area (Å²) in [5, 5.41) is 4.03. The van der Waals surface area contributed by atoms with Crippen molar-refractivity contribution >= 4 is 5.91 Å². The van der Waals surface area contributed by atoms with Gasteiger partial charge in [-0.05, 0) is 61.6 Å². The molecule has 3 heterocycles. The van der Waals surface area contributed by atoms with Gasteiger partial charge in [0.25, 0.3) is 11.8 Å². The van der Waals surface area contributed by atoms with Gasteiger partial charge in [0.15, 0.2) is 5.82 Å². The van der Waals surface area contributed by atoms with Crippen LogP contribution in [0.1, 0.15) is 35.4 Å². The number of carbonyl (C=O) groups excluding carboxylic acids is 1. The number of hydrogen-bond donors (Lipinski definition) is 0. The van der Waals surface area contributed by atoms with Crippen LogP contribution in [0.15, 0.2) is 53.3 Å². The summed E-state index contributed by atoms with van der Waals surface area (Å²) in [7, 11) is 0. The highest BCUT2D eigenvalue weighted by molar-refractivity contribution is 5.93. The van der Waals surface area contributed by atoms with Gasteiger partial charge >= 0.3 is 0 Å². The molecule has 1 amide bonds. The number of carbonyl (C=O) groups is 1. The molecule has 7 heteroatoms. The molecule has 4 rings (SSSR count). The second kappa shape index (κ2) is 8.29. The summed E-state index contributed by atoms with van der Waals surface area (Å²) in [5.41, 5.74) is 1.35. The SMILES string of the molecule is O=C(c1cccnc1)N1CCC(CCc2noc(-c3ccc(F)cc3)n2)CC1. The van der Waals surface area contributed by atoms with Crippen molar-refractivity contribution in [2.75, 3.05) is 13.1 Å². The van der Waals surface area contributed by atoms with E-state index in [0.717, 1.165) is 38.8 Å². The lowest BCUT2D eigenvalue weighted by atomic mass is 9.92. The zero-order chi connectivity index (χ0) is 19.3. The number of nitrogens with zero attached hydrogens (tertiary/aromatic N) is 4. The first-order valence-corrected chi connectivity index (χ1v) is 9.47. The Balaban J connectivity index is 1.27. The van der Waals surface area contributed by atoms with Gasteiger partial charge in [-0.2, -0.15) is 4.98 Å². The monoisotopic (exact) mass is 380 g/mol. The number of pyridine rings is 1. The zero-order valence-corrected chi connectivity index (χ0v) is 15.4. The van der Waals surface area contributed by atoms with Crippen LogP contribution >= 0.6 is 0 Å². The van der Waals surface area contributed by atoms with E-state index in [0.29, 0.717) is 28.8 Å². The van der Waals surface area contributed by atoms with E-state index in [4.69, 9.17) is 4.52 Å². The molecule has 0 spiro atoms. The van der Waals surface area contributed by atoms with Crippen molar-refractivity contribution in [1.82, 2.24) is 20.0 Å². The number of piperidine rings is 1. The van der Waals surface area contributed by atoms with Gasteiger partial charge in [0.05, 0.1) is 5.56 Å². The van der Waals surface area contributed by atoms with Gasteiger partial charge in [-0.1, -0.05) is 5.16 Å².